The Labute approximate surface area is 124 Å². The lowest BCUT2D eigenvalue weighted by Crippen LogP contribution is -2.30. The molecule has 6 heteroatoms. The average molecular weight is 294 g/mol. The second-order valence-corrected chi connectivity index (χ2v) is 6.37. The van der Waals surface area contributed by atoms with Crippen molar-refractivity contribution in [3.63, 3.8) is 0 Å². The summed E-state index contributed by atoms with van der Waals surface area (Å²) in [5.41, 5.74) is 0.772. The number of rotatable bonds is 5. The van der Waals surface area contributed by atoms with Crippen molar-refractivity contribution < 1.29 is 4.79 Å². The number of pyridine rings is 1. The van der Waals surface area contributed by atoms with Crippen molar-refractivity contribution in [3.8, 4) is 0 Å². The van der Waals surface area contributed by atoms with Gasteiger partial charge >= 0.3 is 0 Å². The van der Waals surface area contributed by atoms with E-state index < -0.39 is 0 Å². The minimum atomic E-state index is 0.0460. The molecule has 1 saturated heterocycles. The van der Waals surface area contributed by atoms with Gasteiger partial charge in [-0.25, -0.2) is 4.98 Å². The minimum absolute atomic E-state index is 0.0460. The van der Waals surface area contributed by atoms with Crippen molar-refractivity contribution in [2.24, 2.45) is 0 Å². The molecule has 5 nitrogen and oxygen atoms in total. The van der Waals surface area contributed by atoms with Crippen LogP contribution in [0.4, 0.5) is 11.5 Å². The number of nitrogens with one attached hydrogen (secondary N) is 2. The maximum absolute atomic E-state index is 12.0. The Bertz CT molecular complexity index is 447. The summed E-state index contributed by atoms with van der Waals surface area (Å²) in [6.45, 7) is 2.12. The molecule has 0 bridgehead atoms. The molecule has 1 aliphatic heterocycles. The van der Waals surface area contributed by atoms with Crippen molar-refractivity contribution in [3.05, 3.63) is 18.3 Å². The number of carbonyl (C=O) groups excluding carboxylic acids is 1. The first-order valence-electron chi connectivity index (χ1n) is 6.91. The fourth-order valence-corrected chi connectivity index (χ4v) is 3.22. The number of hydrogen-bond acceptors (Lipinski definition) is 5. The summed E-state index contributed by atoms with van der Waals surface area (Å²) in [4.78, 5) is 18.2. The second kappa shape index (κ2) is 7.50. The zero-order valence-corrected chi connectivity index (χ0v) is 12.9. The van der Waals surface area contributed by atoms with E-state index in [0.717, 1.165) is 37.4 Å². The molecule has 0 spiro atoms. The molecule has 0 atom stereocenters. The van der Waals surface area contributed by atoms with Gasteiger partial charge in [0.1, 0.15) is 0 Å². The van der Waals surface area contributed by atoms with Crippen LogP contribution in [0.1, 0.15) is 12.8 Å². The summed E-state index contributed by atoms with van der Waals surface area (Å²) in [5, 5.41) is 6.89. The third kappa shape index (κ3) is 4.38. The van der Waals surface area contributed by atoms with E-state index in [4.69, 9.17) is 0 Å². The van der Waals surface area contributed by atoms with E-state index in [0.29, 0.717) is 11.0 Å². The predicted molar refractivity (Wildman–Crippen MR) is 85.5 cm³/mol. The van der Waals surface area contributed by atoms with Gasteiger partial charge in [-0.2, -0.15) is 0 Å². The average Bonchev–Trinajstić information content (AvgIpc) is 2.46. The van der Waals surface area contributed by atoms with E-state index in [1.807, 2.05) is 31.1 Å². The highest BCUT2D eigenvalue weighted by molar-refractivity contribution is 8.00. The lowest BCUT2D eigenvalue weighted by atomic mass is 10.2. The highest BCUT2D eigenvalue weighted by atomic mass is 32.2. The number of hydrogen-bond donors (Lipinski definition) is 2. The maximum atomic E-state index is 12.0. The van der Waals surface area contributed by atoms with Crippen LogP contribution in [0.2, 0.25) is 0 Å². The Morgan fingerprint density at radius 3 is 2.95 bits per heavy atom. The third-order valence-corrected chi connectivity index (χ3v) is 4.59. The summed E-state index contributed by atoms with van der Waals surface area (Å²) in [7, 11) is 3.84. The second-order valence-electron chi connectivity index (χ2n) is 5.08. The van der Waals surface area contributed by atoms with E-state index in [-0.39, 0.29) is 5.91 Å². The number of thioether (sulfide) groups is 1. The first-order valence-corrected chi connectivity index (χ1v) is 7.96. The largest absolute Gasteiger partial charge is 0.361 e. The Kier molecular flexibility index (Phi) is 5.67. The van der Waals surface area contributed by atoms with Crippen LogP contribution >= 0.6 is 11.8 Å². The molecule has 0 unspecified atom stereocenters. The molecule has 0 aromatic carbocycles. The summed E-state index contributed by atoms with van der Waals surface area (Å²) in [5.74, 6) is 1.34. The molecule has 1 amide bonds. The molecular weight excluding hydrogens is 272 g/mol. The van der Waals surface area contributed by atoms with Crippen LogP contribution in [0.3, 0.4) is 0 Å². The molecule has 0 radical (unpaired) electrons. The maximum Gasteiger partial charge on any atom is 0.234 e. The van der Waals surface area contributed by atoms with Crippen LogP contribution in [0.25, 0.3) is 0 Å². The normalized spacial score (nSPS) is 15.9. The van der Waals surface area contributed by atoms with Crippen molar-refractivity contribution in [1.82, 2.24) is 10.3 Å². The van der Waals surface area contributed by atoms with Gasteiger partial charge in [0, 0.05) is 25.5 Å². The van der Waals surface area contributed by atoms with Crippen molar-refractivity contribution in [2.45, 2.75) is 18.1 Å². The number of nitrogens with zero attached hydrogens (tertiary/aromatic N) is 2. The number of piperidine rings is 1. The Hall–Kier alpha value is -1.27. The van der Waals surface area contributed by atoms with E-state index in [1.165, 1.54) is 0 Å². The third-order valence-electron chi connectivity index (χ3n) is 3.22. The summed E-state index contributed by atoms with van der Waals surface area (Å²) >= 11 is 1.75. The number of aromatic nitrogens is 1. The molecule has 20 heavy (non-hydrogen) atoms. The fourth-order valence-electron chi connectivity index (χ4n) is 2.19. The Morgan fingerprint density at radius 2 is 2.25 bits per heavy atom. The molecule has 1 aromatic heterocycles. The molecular formula is C14H22N4OS. The van der Waals surface area contributed by atoms with E-state index in [1.54, 1.807) is 18.0 Å². The summed E-state index contributed by atoms with van der Waals surface area (Å²) in [6.07, 6.45) is 4.02. The lowest BCUT2D eigenvalue weighted by Gasteiger charge is -2.22. The number of carbonyl (C=O) groups is 1. The monoisotopic (exact) mass is 294 g/mol. The van der Waals surface area contributed by atoms with Crippen molar-refractivity contribution in [2.75, 3.05) is 43.2 Å². The Balaban J connectivity index is 1.85. The molecule has 1 fully saturated rings. The molecule has 2 heterocycles. The van der Waals surface area contributed by atoms with Crippen molar-refractivity contribution >= 4 is 29.2 Å². The molecule has 110 valence electrons. The topological polar surface area (TPSA) is 57.3 Å². The number of anilines is 2. The first-order chi connectivity index (χ1) is 9.66. The molecule has 1 aliphatic rings. The fraction of sp³-hybridized carbons (Fsp3) is 0.571. The van der Waals surface area contributed by atoms with Crippen LogP contribution in [0.5, 0.6) is 0 Å². The highest BCUT2D eigenvalue weighted by Gasteiger charge is 2.15. The first kappa shape index (κ1) is 15.1. The van der Waals surface area contributed by atoms with Gasteiger partial charge in [0.2, 0.25) is 5.91 Å². The van der Waals surface area contributed by atoms with Gasteiger partial charge in [-0.3, -0.25) is 4.79 Å². The molecule has 2 rings (SSSR count). The van der Waals surface area contributed by atoms with Crippen molar-refractivity contribution in [1.29, 1.82) is 0 Å². The van der Waals surface area contributed by atoms with Gasteiger partial charge < -0.3 is 15.5 Å². The zero-order chi connectivity index (χ0) is 14.4. The van der Waals surface area contributed by atoms with E-state index >= 15 is 0 Å². The van der Waals surface area contributed by atoms with E-state index in [9.17, 15) is 4.79 Å². The van der Waals surface area contributed by atoms with Crippen LogP contribution < -0.4 is 15.5 Å². The summed E-state index contributed by atoms with van der Waals surface area (Å²) < 4.78 is 0. The summed E-state index contributed by atoms with van der Waals surface area (Å²) in [6, 6.07) is 3.72. The van der Waals surface area contributed by atoms with Gasteiger partial charge in [-0.1, -0.05) is 0 Å². The standard InChI is InChI=1S/C14H22N4OS/c1-18(2)14-12(4-3-7-16-14)17-13(19)10-20-11-5-8-15-9-6-11/h3-4,7,11,15H,5-6,8-10H2,1-2H3,(H,17,19). The quantitative estimate of drug-likeness (QED) is 0.863. The number of amides is 1. The van der Waals surface area contributed by atoms with Crippen LogP contribution in [-0.4, -0.2) is 49.1 Å². The minimum Gasteiger partial charge on any atom is -0.361 e. The van der Waals surface area contributed by atoms with Crippen LogP contribution in [-0.2, 0) is 4.79 Å². The van der Waals surface area contributed by atoms with Gasteiger partial charge in [0.15, 0.2) is 5.82 Å². The molecule has 2 N–H and O–H groups in total. The molecule has 0 aliphatic carbocycles. The lowest BCUT2D eigenvalue weighted by molar-refractivity contribution is -0.113. The molecule has 0 saturated carbocycles. The predicted octanol–water partition coefficient (Wildman–Crippen LogP) is 1.57. The van der Waals surface area contributed by atoms with Gasteiger partial charge in [-0.15, -0.1) is 11.8 Å². The van der Waals surface area contributed by atoms with Gasteiger partial charge in [0.05, 0.1) is 11.4 Å². The van der Waals surface area contributed by atoms with Crippen LogP contribution in [0, 0.1) is 0 Å². The SMILES string of the molecule is CN(C)c1ncccc1NC(=O)CSC1CCNCC1. The Morgan fingerprint density at radius 1 is 1.50 bits per heavy atom. The van der Waals surface area contributed by atoms with Gasteiger partial charge in [0.25, 0.3) is 0 Å². The van der Waals surface area contributed by atoms with Gasteiger partial charge in [-0.05, 0) is 38.1 Å². The zero-order valence-electron chi connectivity index (χ0n) is 12.1. The molecule has 1 aromatic rings. The van der Waals surface area contributed by atoms with E-state index in [2.05, 4.69) is 15.6 Å². The smallest absolute Gasteiger partial charge is 0.234 e. The highest BCUT2D eigenvalue weighted by Crippen LogP contribution is 2.23. The van der Waals surface area contributed by atoms with Crippen LogP contribution in [0.15, 0.2) is 18.3 Å².